The molecule has 3 aromatic rings. The minimum Gasteiger partial charge on any atom is -0.351 e. The lowest BCUT2D eigenvalue weighted by Crippen LogP contribution is -2.51. The van der Waals surface area contributed by atoms with E-state index in [1.807, 2.05) is 6.92 Å². The van der Waals surface area contributed by atoms with Crippen LogP contribution < -0.4 is 5.32 Å². The summed E-state index contributed by atoms with van der Waals surface area (Å²) in [4.78, 5) is 17.1. The van der Waals surface area contributed by atoms with Crippen LogP contribution in [-0.2, 0) is 22.5 Å². The Kier molecular flexibility index (Phi) is 6.70. The number of nitrogens with one attached hydrogen (secondary N) is 1. The highest BCUT2D eigenvalue weighted by atomic mass is 35.5. The third-order valence-electron chi connectivity index (χ3n) is 6.14. The van der Waals surface area contributed by atoms with Crippen molar-refractivity contribution in [1.82, 2.24) is 29.4 Å². The number of pyridine rings is 1. The smallest absolute Gasteiger partial charge is 0.278 e. The summed E-state index contributed by atoms with van der Waals surface area (Å²) >= 11 is 6.23. The minimum absolute atomic E-state index is 0.0712. The Labute approximate surface area is 202 Å². The monoisotopic (exact) mass is 506 g/mol. The molecule has 1 N–H and O–H groups in total. The second-order valence-corrected chi connectivity index (χ2v) is 10.6. The molecule has 34 heavy (non-hydrogen) atoms. The van der Waals surface area contributed by atoms with Gasteiger partial charge in [-0.2, -0.15) is 4.31 Å². The van der Waals surface area contributed by atoms with Gasteiger partial charge in [-0.3, -0.25) is 9.78 Å². The van der Waals surface area contributed by atoms with Crippen molar-refractivity contribution in [3.8, 4) is 0 Å². The lowest BCUT2D eigenvalue weighted by molar-refractivity contribution is 0.0931. The molecule has 1 amide bonds. The maximum Gasteiger partial charge on any atom is 0.278 e. The van der Waals surface area contributed by atoms with Gasteiger partial charge in [-0.1, -0.05) is 17.7 Å². The summed E-state index contributed by atoms with van der Waals surface area (Å²) in [5.74, 6) is -0.899. The van der Waals surface area contributed by atoms with Crippen LogP contribution >= 0.6 is 11.6 Å². The number of rotatable bonds is 6. The number of aryl methyl sites for hydroxylation is 2. The van der Waals surface area contributed by atoms with Crippen LogP contribution in [0.3, 0.4) is 0 Å². The van der Waals surface area contributed by atoms with Crippen LogP contribution in [0, 0.1) is 12.7 Å². The molecule has 1 saturated heterocycles. The van der Waals surface area contributed by atoms with Crippen molar-refractivity contribution in [3.63, 3.8) is 0 Å². The number of hydrogen-bond acceptors (Lipinski definition) is 6. The zero-order valence-electron chi connectivity index (χ0n) is 18.7. The number of carbonyl (C=O) groups is 1. The highest BCUT2D eigenvalue weighted by Gasteiger charge is 2.43. The van der Waals surface area contributed by atoms with E-state index < -0.39 is 27.2 Å². The van der Waals surface area contributed by atoms with Gasteiger partial charge in [0.05, 0.1) is 16.3 Å². The quantitative estimate of drug-likeness (QED) is 0.550. The normalized spacial score (nSPS) is 16.4. The van der Waals surface area contributed by atoms with Crippen LogP contribution in [0.5, 0.6) is 0 Å². The Bertz CT molecular complexity index is 1320. The van der Waals surface area contributed by atoms with E-state index in [1.54, 1.807) is 25.2 Å². The summed E-state index contributed by atoms with van der Waals surface area (Å²) in [5, 5.41) is 10.4. The summed E-state index contributed by atoms with van der Waals surface area (Å²) in [5.41, 5.74) is 0.529. The van der Waals surface area contributed by atoms with Crippen molar-refractivity contribution < 1.29 is 17.6 Å². The zero-order valence-corrected chi connectivity index (χ0v) is 20.3. The lowest BCUT2D eigenvalue weighted by atomic mass is 9.75. The topological polar surface area (TPSA) is 110 Å². The van der Waals surface area contributed by atoms with Gasteiger partial charge in [0.15, 0.2) is 0 Å². The molecule has 12 heteroatoms. The molecule has 180 valence electrons. The molecule has 3 heterocycles. The second kappa shape index (κ2) is 9.40. The Morgan fingerprint density at radius 2 is 2.00 bits per heavy atom. The van der Waals surface area contributed by atoms with E-state index in [0.29, 0.717) is 10.6 Å². The highest BCUT2D eigenvalue weighted by molar-refractivity contribution is 7.89. The third kappa shape index (κ3) is 4.55. The van der Waals surface area contributed by atoms with Crippen molar-refractivity contribution in [2.75, 3.05) is 19.6 Å². The van der Waals surface area contributed by atoms with E-state index in [-0.39, 0.29) is 43.3 Å². The molecule has 0 bridgehead atoms. The van der Waals surface area contributed by atoms with Gasteiger partial charge in [-0.25, -0.2) is 12.8 Å². The van der Waals surface area contributed by atoms with Crippen LogP contribution in [-0.4, -0.2) is 58.0 Å². The Balaban J connectivity index is 1.58. The number of nitrogens with zero attached hydrogens (tertiary/aromatic N) is 5. The highest BCUT2D eigenvalue weighted by Crippen LogP contribution is 2.37. The van der Waals surface area contributed by atoms with Crippen molar-refractivity contribution in [3.05, 3.63) is 70.5 Å². The number of hydrogen-bond donors (Lipinski definition) is 1. The van der Waals surface area contributed by atoms with Crippen LogP contribution in [0.2, 0.25) is 5.02 Å². The summed E-state index contributed by atoms with van der Waals surface area (Å²) in [6.07, 6.45) is 3.30. The van der Waals surface area contributed by atoms with E-state index in [4.69, 9.17) is 11.6 Å². The molecule has 0 unspecified atom stereocenters. The Morgan fingerprint density at radius 1 is 1.26 bits per heavy atom. The average Bonchev–Trinajstić information content (AvgIpc) is 3.25. The van der Waals surface area contributed by atoms with E-state index in [0.717, 1.165) is 5.56 Å². The van der Waals surface area contributed by atoms with Crippen LogP contribution in [0.4, 0.5) is 4.39 Å². The minimum atomic E-state index is -3.87. The van der Waals surface area contributed by atoms with E-state index in [1.165, 1.54) is 33.5 Å². The van der Waals surface area contributed by atoms with Gasteiger partial charge in [0.25, 0.3) is 21.1 Å². The average molecular weight is 507 g/mol. The Hall–Kier alpha value is -2.89. The van der Waals surface area contributed by atoms with Crippen molar-refractivity contribution in [1.29, 1.82) is 0 Å². The molecule has 0 radical (unpaired) electrons. The van der Waals surface area contributed by atoms with E-state index in [9.17, 15) is 17.6 Å². The molecule has 0 aliphatic carbocycles. The van der Waals surface area contributed by atoms with Gasteiger partial charge in [0.1, 0.15) is 12.1 Å². The molecule has 4 rings (SSSR count). The maximum absolute atomic E-state index is 14.8. The summed E-state index contributed by atoms with van der Waals surface area (Å²) in [6, 6.07) is 7.92. The molecule has 2 aromatic heterocycles. The van der Waals surface area contributed by atoms with Gasteiger partial charge in [-0.15, -0.1) is 10.2 Å². The first-order chi connectivity index (χ1) is 16.1. The number of aromatic nitrogens is 4. The zero-order chi connectivity index (χ0) is 24.5. The molecule has 0 atom stereocenters. The Morgan fingerprint density at radius 3 is 2.62 bits per heavy atom. The second-order valence-electron chi connectivity index (χ2n) is 8.41. The molecule has 1 aliphatic rings. The van der Waals surface area contributed by atoms with Gasteiger partial charge >= 0.3 is 0 Å². The number of piperidine rings is 1. The van der Waals surface area contributed by atoms with Gasteiger partial charge < -0.3 is 9.88 Å². The molecule has 0 saturated carbocycles. The number of amides is 1. The van der Waals surface area contributed by atoms with Crippen LogP contribution in [0.25, 0.3) is 0 Å². The molecule has 1 fully saturated rings. The molecular weight excluding hydrogens is 483 g/mol. The first kappa shape index (κ1) is 24.2. The lowest BCUT2D eigenvalue weighted by Gasteiger charge is -2.40. The first-order valence-corrected chi connectivity index (χ1v) is 12.5. The fourth-order valence-corrected chi connectivity index (χ4v) is 5.97. The number of benzene rings is 1. The summed E-state index contributed by atoms with van der Waals surface area (Å²) in [6.45, 7) is 2.15. The van der Waals surface area contributed by atoms with Crippen molar-refractivity contribution in [2.24, 2.45) is 7.05 Å². The molecule has 1 aliphatic heterocycles. The van der Waals surface area contributed by atoms with E-state index >= 15 is 0 Å². The number of halogens is 2. The van der Waals surface area contributed by atoms with Gasteiger partial charge in [0.2, 0.25) is 0 Å². The third-order valence-corrected chi connectivity index (χ3v) is 8.33. The molecular formula is C22H24ClFN6O3S. The summed E-state index contributed by atoms with van der Waals surface area (Å²) < 4.78 is 43.5. The number of carbonyl (C=O) groups excluding carboxylic acids is 1. The van der Waals surface area contributed by atoms with Crippen molar-refractivity contribution in [2.45, 2.75) is 30.3 Å². The van der Waals surface area contributed by atoms with Gasteiger partial charge in [0, 0.05) is 38.3 Å². The van der Waals surface area contributed by atoms with Gasteiger partial charge in [-0.05, 0) is 49.6 Å². The molecule has 0 spiro atoms. The fraction of sp³-hybridized carbons (Fsp3) is 0.364. The predicted octanol–water partition coefficient (Wildman–Crippen LogP) is 2.46. The van der Waals surface area contributed by atoms with Crippen molar-refractivity contribution >= 4 is 27.5 Å². The summed E-state index contributed by atoms with van der Waals surface area (Å²) in [7, 11) is -2.32. The van der Waals surface area contributed by atoms with Crippen LogP contribution in [0.1, 0.15) is 34.5 Å². The SMILES string of the molecule is Cc1ccc(C(=O)NCC2(c3ncccc3F)CCN(S(=O)(=O)c3nncn3C)CC2)c(Cl)c1. The van der Waals surface area contributed by atoms with E-state index in [2.05, 4.69) is 20.5 Å². The molecule has 1 aromatic carbocycles. The number of sulfonamides is 1. The first-order valence-electron chi connectivity index (χ1n) is 10.6. The standard InChI is InChI=1S/C22H24ClFN6O3S/c1-15-5-6-16(17(23)12-15)20(31)26-13-22(19-18(24)4-3-9-25-19)7-10-30(11-8-22)34(32,33)21-28-27-14-29(21)2/h3-6,9,12,14H,7-8,10-11,13H2,1-2H3,(H,26,31). The predicted molar refractivity (Wildman–Crippen MR) is 123 cm³/mol. The fourth-order valence-electron chi connectivity index (χ4n) is 4.20. The van der Waals surface area contributed by atoms with Crippen LogP contribution in [0.15, 0.2) is 48.0 Å². The largest absolute Gasteiger partial charge is 0.351 e. The maximum atomic E-state index is 14.8. The molecule has 9 nitrogen and oxygen atoms in total.